The van der Waals surface area contributed by atoms with Crippen LogP contribution in [0.5, 0.6) is 11.8 Å². The molecular formula is C9H12N2O4. The summed E-state index contributed by atoms with van der Waals surface area (Å²) in [4.78, 5) is 19.3. The lowest BCUT2D eigenvalue weighted by Gasteiger charge is -2.06. The number of hydrogen-bond acceptors (Lipinski definition) is 6. The van der Waals surface area contributed by atoms with E-state index < -0.39 is 0 Å². The molecule has 0 aliphatic carbocycles. The van der Waals surface area contributed by atoms with Gasteiger partial charge in [0.15, 0.2) is 5.69 Å². The molecule has 0 atom stereocenters. The minimum atomic E-state index is -0.287. The number of Topliss-reactive ketones (excluding diaryl/α,β-unsaturated/α-hetero) is 1. The fourth-order valence-corrected chi connectivity index (χ4v) is 0.988. The van der Waals surface area contributed by atoms with Gasteiger partial charge in [-0.15, -0.1) is 0 Å². The van der Waals surface area contributed by atoms with Crippen molar-refractivity contribution in [1.29, 1.82) is 0 Å². The van der Waals surface area contributed by atoms with Crippen LogP contribution < -0.4 is 9.47 Å². The van der Waals surface area contributed by atoms with Crippen LogP contribution in [0, 0.1) is 0 Å². The van der Waals surface area contributed by atoms with Crippen molar-refractivity contribution >= 4 is 5.78 Å². The monoisotopic (exact) mass is 212 g/mol. The first-order valence-corrected chi connectivity index (χ1v) is 4.20. The summed E-state index contributed by atoms with van der Waals surface area (Å²) in [6, 6.07) is 0. The maximum atomic E-state index is 11.5. The highest BCUT2D eigenvalue weighted by atomic mass is 16.5. The number of carbonyl (C=O) groups excluding carboxylic acids is 1. The van der Waals surface area contributed by atoms with Gasteiger partial charge in [-0.05, 0) is 0 Å². The third-order valence-electron chi connectivity index (χ3n) is 1.66. The zero-order valence-electron chi connectivity index (χ0n) is 8.81. The predicted octanol–water partition coefficient (Wildman–Crippen LogP) is 0.323. The van der Waals surface area contributed by atoms with Crippen LogP contribution >= 0.6 is 0 Å². The summed E-state index contributed by atoms with van der Waals surface area (Å²) in [5.74, 6) is 0.140. The number of ketones is 1. The molecule has 1 aromatic rings. The molecule has 0 spiro atoms. The summed E-state index contributed by atoms with van der Waals surface area (Å²) >= 11 is 0. The summed E-state index contributed by atoms with van der Waals surface area (Å²) in [6.07, 6.45) is 1.35. The molecule has 1 heterocycles. The van der Waals surface area contributed by atoms with E-state index in [0.717, 1.165) is 0 Å². The molecule has 1 rings (SSSR count). The van der Waals surface area contributed by atoms with Crippen molar-refractivity contribution in [3.05, 3.63) is 11.9 Å². The van der Waals surface area contributed by atoms with E-state index in [4.69, 9.17) is 14.2 Å². The van der Waals surface area contributed by atoms with Gasteiger partial charge in [-0.2, -0.15) is 4.98 Å². The Hall–Kier alpha value is -1.69. The van der Waals surface area contributed by atoms with Crippen molar-refractivity contribution in [1.82, 2.24) is 9.97 Å². The van der Waals surface area contributed by atoms with E-state index in [-0.39, 0.29) is 24.0 Å². The molecule has 0 aliphatic rings. The second-order valence-corrected chi connectivity index (χ2v) is 2.63. The Kier molecular flexibility index (Phi) is 3.99. The smallest absolute Gasteiger partial charge is 0.246 e. The number of aromatic nitrogens is 2. The largest absolute Gasteiger partial charge is 0.480 e. The quantitative estimate of drug-likeness (QED) is 0.655. The Morgan fingerprint density at radius 2 is 2.07 bits per heavy atom. The fraction of sp³-hybridized carbons (Fsp3) is 0.444. The third kappa shape index (κ3) is 2.63. The summed E-state index contributed by atoms with van der Waals surface area (Å²) in [6.45, 7) is -0.0582. The Bertz CT molecular complexity index is 354. The highest BCUT2D eigenvalue weighted by Gasteiger charge is 2.16. The Morgan fingerprint density at radius 1 is 1.33 bits per heavy atom. The van der Waals surface area contributed by atoms with Crippen molar-refractivity contribution in [3.63, 3.8) is 0 Å². The zero-order chi connectivity index (χ0) is 11.3. The van der Waals surface area contributed by atoms with Crippen molar-refractivity contribution in [2.45, 2.75) is 0 Å². The van der Waals surface area contributed by atoms with Crippen LogP contribution in [-0.4, -0.2) is 43.7 Å². The molecule has 0 saturated heterocycles. The van der Waals surface area contributed by atoms with Crippen molar-refractivity contribution in [2.24, 2.45) is 0 Å². The van der Waals surface area contributed by atoms with E-state index in [1.807, 2.05) is 0 Å². The van der Waals surface area contributed by atoms with Crippen LogP contribution in [0.25, 0.3) is 0 Å². The van der Waals surface area contributed by atoms with E-state index in [1.54, 1.807) is 0 Å². The molecule has 82 valence electrons. The lowest BCUT2D eigenvalue weighted by Crippen LogP contribution is -2.12. The number of rotatable bonds is 5. The van der Waals surface area contributed by atoms with Gasteiger partial charge in [-0.3, -0.25) is 4.79 Å². The second kappa shape index (κ2) is 5.26. The van der Waals surface area contributed by atoms with Gasteiger partial charge in [0.1, 0.15) is 6.61 Å². The minimum absolute atomic E-state index is 0.0582. The SMILES string of the molecule is COCC(=O)c1ncc(OC)nc1OC. The number of methoxy groups -OCH3 is 3. The lowest BCUT2D eigenvalue weighted by molar-refractivity contribution is 0.0838. The maximum absolute atomic E-state index is 11.5. The molecule has 0 bridgehead atoms. The number of hydrogen-bond donors (Lipinski definition) is 0. The molecule has 0 aliphatic heterocycles. The van der Waals surface area contributed by atoms with Crippen LogP contribution in [0.1, 0.15) is 10.5 Å². The molecule has 0 fully saturated rings. The average molecular weight is 212 g/mol. The maximum Gasteiger partial charge on any atom is 0.246 e. The van der Waals surface area contributed by atoms with Crippen LogP contribution in [-0.2, 0) is 4.74 Å². The van der Waals surface area contributed by atoms with E-state index >= 15 is 0 Å². The summed E-state index contributed by atoms with van der Waals surface area (Å²) in [5.41, 5.74) is 0.139. The van der Waals surface area contributed by atoms with Gasteiger partial charge in [-0.1, -0.05) is 0 Å². The molecule has 6 nitrogen and oxygen atoms in total. The van der Waals surface area contributed by atoms with Crippen LogP contribution in [0.4, 0.5) is 0 Å². The van der Waals surface area contributed by atoms with E-state index in [0.29, 0.717) is 5.88 Å². The number of carbonyl (C=O) groups is 1. The molecule has 0 aromatic carbocycles. The molecule has 0 N–H and O–H groups in total. The summed E-state index contributed by atoms with van der Waals surface area (Å²) in [5, 5.41) is 0. The Morgan fingerprint density at radius 3 is 2.60 bits per heavy atom. The molecule has 0 unspecified atom stereocenters. The molecule has 0 radical (unpaired) electrons. The summed E-state index contributed by atoms with van der Waals surface area (Å²) in [7, 11) is 4.30. The highest BCUT2D eigenvalue weighted by molar-refractivity contribution is 5.97. The van der Waals surface area contributed by atoms with Gasteiger partial charge in [0.25, 0.3) is 0 Å². The van der Waals surface area contributed by atoms with Gasteiger partial charge in [-0.25, -0.2) is 4.98 Å². The van der Waals surface area contributed by atoms with Crippen LogP contribution in [0.15, 0.2) is 6.20 Å². The van der Waals surface area contributed by atoms with Gasteiger partial charge in [0.2, 0.25) is 17.5 Å². The zero-order valence-corrected chi connectivity index (χ0v) is 8.81. The molecule has 0 saturated carbocycles. The van der Waals surface area contributed by atoms with E-state index in [1.165, 1.54) is 27.5 Å². The molecule has 0 amide bonds. The Balaban J connectivity index is 3.02. The predicted molar refractivity (Wildman–Crippen MR) is 51.3 cm³/mol. The number of nitrogens with zero attached hydrogens (tertiary/aromatic N) is 2. The third-order valence-corrected chi connectivity index (χ3v) is 1.66. The fourth-order valence-electron chi connectivity index (χ4n) is 0.988. The van der Waals surface area contributed by atoms with Gasteiger partial charge >= 0.3 is 0 Å². The van der Waals surface area contributed by atoms with Gasteiger partial charge in [0, 0.05) is 7.11 Å². The standard InChI is InChI=1S/C9H12N2O4/c1-13-5-6(12)8-9(15-3)11-7(14-2)4-10-8/h4H,5H2,1-3H3. The Labute approximate surface area is 87.2 Å². The second-order valence-electron chi connectivity index (χ2n) is 2.63. The lowest BCUT2D eigenvalue weighted by atomic mass is 10.3. The van der Waals surface area contributed by atoms with Crippen molar-refractivity contribution < 1.29 is 19.0 Å². The number of ether oxygens (including phenoxy) is 3. The topological polar surface area (TPSA) is 70.5 Å². The van der Waals surface area contributed by atoms with Gasteiger partial charge < -0.3 is 14.2 Å². The minimum Gasteiger partial charge on any atom is -0.480 e. The van der Waals surface area contributed by atoms with E-state index in [9.17, 15) is 4.79 Å². The van der Waals surface area contributed by atoms with Crippen LogP contribution in [0.3, 0.4) is 0 Å². The van der Waals surface area contributed by atoms with E-state index in [2.05, 4.69) is 9.97 Å². The van der Waals surface area contributed by atoms with Crippen molar-refractivity contribution in [3.8, 4) is 11.8 Å². The average Bonchev–Trinajstić information content (AvgIpc) is 2.28. The normalized spacial score (nSPS) is 9.80. The van der Waals surface area contributed by atoms with Crippen molar-refractivity contribution in [2.75, 3.05) is 27.9 Å². The first-order valence-electron chi connectivity index (χ1n) is 4.20. The molecular weight excluding hydrogens is 200 g/mol. The molecule has 15 heavy (non-hydrogen) atoms. The first kappa shape index (κ1) is 11.4. The molecule has 1 aromatic heterocycles. The highest BCUT2D eigenvalue weighted by Crippen LogP contribution is 2.16. The molecule has 6 heteroatoms. The van der Waals surface area contributed by atoms with Gasteiger partial charge in [0.05, 0.1) is 20.4 Å². The van der Waals surface area contributed by atoms with Crippen LogP contribution in [0.2, 0.25) is 0 Å². The summed E-state index contributed by atoms with van der Waals surface area (Å²) < 4.78 is 14.5. The first-order chi connectivity index (χ1) is 7.22.